The molecule has 4 rings (SSSR count). The largest absolute Gasteiger partial charge is 0.411 e. The molecule has 0 spiro atoms. The monoisotopic (exact) mass is 387 g/mol. The van der Waals surface area contributed by atoms with E-state index in [4.69, 9.17) is 14.7 Å². The van der Waals surface area contributed by atoms with Crippen molar-refractivity contribution in [1.29, 1.82) is 0 Å². The van der Waals surface area contributed by atoms with Crippen molar-refractivity contribution in [2.24, 2.45) is 5.16 Å². The molecule has 1 fully saturated rings. The van der Waals surface area contributed by atoms with E-state index in [0.29, 0.717) is 13.0 Å². The van der Waals surface area contributed by atoms with Crippen LogP contribution in [0.1, 0.15) is 36.5 Å². The number of fused-ring (bicyclic) bond motifs is 1. The van der Waals surface area contributed by atoms with Crippen LogP contribution in [0.25, 0.3) is 0 Å². The van der Waals surface area contributed by atoms with Crippen molar-refractivity contribution < 1.29 is 19.1 Å². The number of benzene rings is 2. The predicted octanol–water partition coefficient (Wildman–Crippen LogP) is 4.75. The van der Waals surface area contributed by atoms with Crippen LogP contribution in [0, 0.1) is 5.82 Å². The highest BCUT2D eigenvalue weighted by Crippen LogP contribution is 2.41. The molecule has 27 heavy (non-hydrogen) atoms. The van der Waals surface area contributed by atoms with Gasteiger partial charge in [0.25, 0.3) is 0 Å². The van der Waals surface area contributed by atoms with Gasteiger partial charge in [-0.25, -0.2) is 4.39 Å². The van der Waals surface area contributed by atoms with Crippen LogP contribution in [0.2, 0.25) is 0 Å². The Morgan fingerprint density at radius 3 is 2.78 bits per heavy atom. The van der Waals surface area contributed by atoms with Crippen LogP contribution in [-0.2, 0) is 21.5 Å². The molecule has 0 radical (unpaired) electrons. The summed E-state index contributed by atoms with van der Waals surface area (Å²) >= 11 is 1.52. The number of halogens is 1. The minimum absolute atomic E-state index is 0.127. The molecule has 2 atom stereocenters. The lowest BCUT2D eigenvalue weighted by atomic mass is 9.87. The van der Waals surface area contributed by atoms with Crippen molar-refractivity contribution in [3.05, 3.63) is 58.9 Å². The molecule has 1 aliphatic heterocycles. The van der Waals surface area contributed by atoms with Gasteiger partial charge in [0.05, 0.1) is 18.4 Å². The van der Waals surface area contributed by atoms with Gasteiger partial charge in [0.1, 0.15) is 11.4 Å². The molecule has 1 N–H and O–H groups in total. The zero-order chi connectivity index (χ0) is 19.0. The molecule has 142 valence electrons. The van der Waals surface area contributed by atoms with Crippen molar-refractivity contribution >= 4 is 17.5 Å². The van der Waals surface area contributed by atoms with Gasteiger partial charge in [-0.3, -0.25) is 0 Å². The van der Waals surface area contributed by atoms with E-state index < -0.39 is 5.60 Å². The highest BCUT2D eigenvalue weighted by molar-refractivity contribution is 7.99. The Hall–Kier alpha value is -1.89. The maximum absolute atomic E-state index is 14.4. The van der Waals surface area contributed by atoms with E-state index in [2.05, 4.69) is 11.2 Å². The molecular formula is C21H22FNO3S. The van der Waals surface area contributed by atoms with Crippen molar-refractivity contribution in [3.63, 3.8) is 0 Å². The second-order valence-electron chi connectivity index (χ2n) is 7.00. The number of oxime groups is 1. The minimum atomic E-state index is -0.609. The van der Waals surface area contributed by atoms with E-state index in [1.807, 2.05) is 25.1 Å². The molecule has 0 saturated carbocycles. The van der Waals surface area contributed by atoms with Gasteiger partial charge in [-0.15, -0.1) is 0 Å². The molecule has 2 aromatic carbocycles. The normalized spacial score (nSPS) is 25.9. The summed E-state index contributed by atoms with van der Waals surface area (Å²) in [6, 6.07) is 11.1. The molecule has 1 aliphatic carbocycles. The highest BCUT2D eigenvalue weighted by atomic mass is 32.2. The Labute approximate surface area is 162 Å². The fourth-order valence-electron chi connectivity index (χ4n) is 4.11. The third-order valence-electron chi connectivity index (χ3n) is 5.60. The maximum Gasteiger partial charge on any atom is 0.124 e. The van der Waals surface area contributed by atoms with Gasteiger partial charge in [-0.05, 0) is 61.2 Å². The van der Waals surface area contributed by atoms with E-state index in [-0.39, 0.29) is 11.9 Å². The number of nitrogens with zero attached hydrogens (tertiary/aromatic N) is 1. The first kappa shape index (κ1) is 18.5. The van der Waals surface area contributed by atoms with Gasteiger partial charge < -0.3 is 14.7 Å². The Kier molecular flexibility index (Phi) is 4.97. The summed E-state index contributed by atoms with van der Waals surface area (Å²) in [5.41, 5.74) is 3.09. The molecule has 0 aromatic heterocycles. The molecule has 6 heteroatoms. The van der Waals surface area contributed by atoms with Gasteiger partial charge in [0, 0.05) is 28.9 Å². The standard InChI is InChI=1S/C21H22FNO3S/c1-13-21(25-2,7-8-26-13)15-10-16(22)12-18(11-15)27-17-4-5-19-14(9-17)3-6-20(19)23-24/h4-5,9-13,24H,3,6-8H2,1-2H3/b23-20+. The molecule has 1 heterocycles. The number of hydrogen-bond acceptors (Lipinski definition) is 5. The quantitative estimate of drug-likeness (QED) is 0.607. The number of rotatable bonds is 4. The number of aryl methyl sites for hydroxylation is 1. The minimum Gasteiger partial charge on any atom is -0.411 e. The first-order chi connectivity index (χ1) is 13.1. The molecular weight excluding hydrogens is 365 g/mol. The number of ether oxygens (including phenoxy) is 2. The SMILES string of the molecule is COC1(c2cc(F)cc(Sc3ccc4c(c3)CC/C4=N\O)c2)CCOC1C. The summed E-state index contributed by atoms with van der Waals surface area (Å²) in [5.74, 6) is -0.276. The second kappa shape index (κ2) is 7.26. The molecule has 0 amide bonds. The Balaban J connectivity index is 1.65. The number of hydrogen-bond donors (Lipinski definition) is 1. The van der Waals surface area contributed by atoms with Gasteiger partial charge in [0.15, 0.2) is 0 Å². The molecule has 1 saturated heterocycles. The fraction of sp³-hybridized carbons (Fsp3) is 0.381. The zero-order valence-electron chi connectivity index (χ0n) is 15.4. The zero-order valence-corrected chi connectivity index (χ0v) is 16.2. The fourth-order valence-corrected chi connectivity index (χ4v) is 5.07. The van der Waals surface area contributed by atoms with Crippen LogP contribution in [0.15, 0.2) is 51.3 Å². The smallest absolute Gasteiger partial charge is 0.124 e. The van der Waals surface area contributed by atoms with Crippen LogP contribution < -0.4 is 0 Å². The van der Waals surface area contributed by atoms with Crippen LogP contribution in [0.5, 0.6) is 0 Å². The van der Waals surface area contributed by atoms with E-state index in [1.165, 1.54) is 11.8 Å². The first-order valence-electron chi connectivity index (χ1n) is 9.05. The molecule has 0 bridgehead atoms. The Morgan fingerprint density at radius 1 is 1.22 bits per heavy atom. The summed E-state index contributed by atoms with van der Waals surface area (Å²) in [7, 11) is 1.66. The summed E-state index contributed by atoms with van der Waals surface area (Å²) in [4.78, 5) is 1.86. The topological polar surface area (TPSA) is 51.0 Å². The Bertz CT molecular complexity index is 901. The van der Waals surface area contributed by atoms with E-state index in [9.17, 15) is 4.39 Å². The van der Waals surface area contributed by atoms with Gasteiger partial charge >= 0.3 is 0 Å². The maximum atomic E-state index is 14.4. The number of methoxy groups -OCH3 is 1. The van der Waals surface area contributed by atoms with E-state index >= 15 is 0 Å². The van der Waals surface area contributed by atoms with Crippen molar-refractivity contribution in [2.75, 3.05) is 13.7 Å². The van der Waals surface area contributed by atoms with Crippen molar-refractivity contribution in [3.8, 4) is 0 Å². The van der Waals surface area contributed by atoms with Gasteiger partial charge in [-0.1, -0.05) is 23.0 Å². The summed E-state index contributed by atoms with van der Waals surface area (Å²) < 4.78 is 25.9. The van der Waals surface area contributed by atoms with Crippen molar-refractivity contribution in [2.45, 2.75) is 47.7 Å². The van der Waals surface area contributed by atoms with Crippen LogP contribution in [-0.4, -0.2) is 30.7 Å². The molecule has 2 aliphatic rings. The molecule has 4 nitrogen and oxygen atoms in total. The van der Waals surface area contributed by atoms with Crippen LogP contribution >= 0.6 is 11.8 Å². The van der Waals surface area contributed by atoms with E-state index in [1.54, 1.807) is 19.2 Å². The van der Waals surface area contributed by atoms with E-state index in [0.717, 1.165) is 45.0 Å². The Morgan fingerprint density at radius 2 is 2.07 bits per heavy atom. The third-order valence-corrected chi connectivity index (χ3v) is 6.56. The van der Waals surface area contributed by atoms with Crippen LogP contribution in [0.3, 0.4) is 0 Å². The summed E-state index contributed by atoms with van der Waals surface area (Å²) in [6.45, 7) is 2.57. The predicted molar refractivity (Wildman–Crippen MR) is 102 cm³/mol. The van der Waals surface area contributed by atoms with Gasteiger partial charge in [0.2, 0.25) is 0 Å². The highest BCUT2D eigenvalue weighted by Gasteiger charge is 2.43. The van der Waals surface area contributed by atoms with Crippen LogP contribution in [0.4, 0.5) is 4.39 Å². The summed E-state index contributed by atoms with van der Waals surface area (Å²) in [5, 5.41) is 12.4. The molecule has 2 unspecified atom stereocenters. The summed E-state index contributed by atoms with van der Waals surface area (Å²) in [6.07, 6.45) is 2.19. The first-order valence-corrected chi connectivity index (χ1v) is 9.87. The molecule has 2 aromatic rings. The lowest BCUT2D eigenvalue weighted by Gasteiger charge is -2.31. The lowest BCUT2D eigenvalue weighted by Crippen LogP contribution is -2.35. The van der Waals surface area contributed by atoms with Crippen molar-refractivity contribution in [1.82, 2.24) is 0 Å². The average Bonchev–Trinajstić information content (AvgIpc) is 3.24. The average molecular weight is 387 g/mol. The third kappa shape index (κ3) is 3.26. The van der Waals surface area contributed by atoms with Gasteiger partial charge in [-0.2, -0.15) is 0 Å². The second-order valence-corrected chi connectivity index (χ2v) is 8.15. The lowest BCUT2D eigenvalue weighted by molar-refractivity contribution is -0.0650.